The highest BCUT2D eigenvalue weighted by Gasteiger charge is 2.23. The smallest absolute Gasteiger partial charge is 0.246 e. The van der Waals surface area contributed by atoms with E-state index in [0.717, 1.165) is 37.8 Å². The third kappa shape index (κ3) is 4.75. The van der Waals surface area contributed by atoms with Crippen LogP contribution in [0.1, 0.15) is 51.5 Å². The molecule has 0 spiro atoms. The minimum absolute atomic E-state index is 0.0985. The maximum Gasteiger partial charge on any atom is 0.246 e. The Kier molecular flexibility index (Phi) is 6.51. The molecule has 1 aromatic carbocycles. The van der Waals surface area contributed by atoms with Crippen LogP contribution in [0, 0.1) is 0 Å². The van der Waals surface area contributed by atoms with E-state index in [-0.39, 0.29) is 5.91 Å². The van der Waals surface area contributed by atoms with Crippen molar-refractivity contribution < 1.29 is 9.53 Å². The van der Waals surface area contributed by atoms with Gasteiger partial charge in [-0.05, 0) is 55.9 Å². The number of nitrogens with zero attached hydrogens (tertiary/aromatic N) is 1. The molecule has 0 aliphatic carbocycles. The molecule has 1 amide bonds. The quantitative estimate of drug-likeness (QED) is 0.640. The van der Waals surface area contributed by atoms with Gasteiger partial charge >= 0.3 is 0 Å². The zero-order valence-electron chi connectivity index (χ0n) is 14.3. The number of hydrogen-bond donors (Lipinski definition) is 1. The molecule has 2 rings (SSSR count). The number of piperidine rings is 1. The molecule has 4 heteroatoms. The fourth-order valence-electron chi connectivity index (χ4n) is 2.99. The Hall–Kier alpha value is -1.97. The van der Waals surface area contributed by atoms with E-state index in [0.29, 0.717) is 24.1 Å². The molecule has 4 nitrogen and oxygen atoms in total. The van der Waals surface area contributed by atoms with Gasteiger partial charge in [-0.15, -0.1) is 0 Å². The summed E-state index contributed by atoms with van der Waals surface area (Å²) in [6, 6.07) is 6.03. The zero-order chi connectivity index (χ0) is 16.7. The molecule has 23 heavy (non-hydrogen) atoms. The SMILES string of the molecule is CCCOc1ccc(/C=C\C(=O)N2CCCCC2CC)cc1N. The lowest BCUT2D eigenvalue weighted by molar-refractivity contribution is -0.129. The predicted octanol–water partition coefficient (Wildman–Crippen LogP) is 3.86. The van der Waals surface area contributed by atoms with Crippen molar-refractivity contribution in [2.45, 2.75) is 52.0 Å². The number of amides is 1. The Balaban J connectivity index is 2.01. The van der Waals surface area contributed by atoms with Gasteiger partial charge in [-0.25, -0.2) is 0 Å². The Morgan fingerprint density at radius 2 is 2.22 bits per heavy atom. The van der Waals surface area contributed by atoms with Crippen LogP contribution in [-0.2, 0) is 4.79 Å². The molecule has 0 bridgehead atoms. The van der Waals surface area contributed by atoms with Crippen molar-refractivity contribution in [1.29, 1.82) is 0 Å². The van der Waals surface area contributed by atoms with Crippen LogP contribution in [0.2, 0.25) is 0 Å². The minimum atomic E-state index is 0.0985. The van der Waals surface area contributed by atoms with Gasteiger partial charge in [-0.3, -0.25) is 4.79 Å². The number of carbonyl (C=O) groups is 1. The molecule has 1 atom stereocenters. The summed E-state index contributed by atoms with van der Waals surface area (Å²) in [6.07, 6.45) is 8.92. The van der Waals surface area contributed by atoms with E-state index in [9.17, 15) is 4.79 Å². The van der Waals surface area contributed by atoms with Gasteiger partial charge in [0.1, 0.15) is 5.75 Å². The van der Waals surface area contributed by atoms with Gasteiger partial charge in [-0.2, -0.15) is 0 Å². The van der Waals surface area contributed by atoms with E-state index in [2.05, 4.69) is 13.8 Å². The first-order valence-electron chi connectivity index (χ1n) is 8.66. The van der Waals surface area contributed by atoms with Crippen LogP contribution >= 0.6 is 0 Å². The van der Waals surface area contributed by atoms with Crippen molar-refractivity contribution in [3.63, 3.8) is 0 Å². The molecule has 0 radical (unpaired) electrons. The van der Waals surface area contributed by atoms with E-state index < -0.39 is 0 Å². The second kappa shape index (κ2) is 8.61. The molecule has 1 fully saturated rings. The molecule has 1 saturated heterocycles. The summed E-state index contributed by atoms with van der Waals surface area (Å²) in [7, 11) is 0. The lowest BCUT2D eigenvalue weighted by atomic mass is 10.00. The number of ether oxygens (including phenoxy) is 1. The fraction of sp³-hybridized carbons (Fsp3) is 0.526. The number of hydrogen-bond acceptors (Lipinski definition) is 3. The molecular weight excluding hydrogens is 288 g/mol. The van der Waals surface area contributed by atoms with Crippen LogP contribution < -0.4 is 10.5 Å². The van der Waals surface area contributed by atoms with Crippen molar-refractivity contribution >= 4 is 17.7 Å². The van der Waals surface area contributed by atoms with E-state index in [1.165, 1.54) is 6.42 Å². The first-order valence-corrected chi connectivity index (χ1v) is 8.66. The van der Waals surface area contributed by atoms with Crippen LogP contribution in [0.25, 0.3) is 6.08 Å². The van der Waals surface area contributed by atoms with Gasteiger partial charge in [0, 0.05) is 18.7 Å². The molecule has 1 aliphatic heterocycles. The highest BCUT2D eigenvalue weighted by molar-refractivity contribution is 5.92. The van der Waals surface area contributed by atoms with Gasteiger partial charge in [0.25, 0.3) is 0 Å². The minimum Gasteiger partial charge on any atom is -0.491 e. The summed E-state index contributed by atoms with van der Waals surface area (Å²) < 4.78 is 5.57. The van der Waals surface area contributed by atoms with Crippen LogP contribution in [0.3, 0.4) is 0 Å². The third-order valence-electron chi connectivity index (χ3n) is 4.30. The first kappa shape index (κ1) is 17.4. The van der Waals surface area contributed by atoms with E-state index >= 15 is 0 Å². The molecule has 1 heterocycles. The maximum absolute atomic E-state index is 12.4. The van der Waals surface area contributed by atoms with Crippen molar-refractivity contribution in [2.75, 3.05) is 18.9 Å². The maximum atomic E-state index is 12.4. The summed E-state index contributed by atoms with van der Waals surface area (Å²) in [4.78, 5) is 14.4. The Bertz CT molecular complexity index is 554. The van der Waals surface area contributed by atoms with Crippen molar-refractivity contribution in [3.05, 3.63) is 29.8 Å². The van der Waals surface area contributed by atoms with E-state index in [1.807, 2.05) is 29.2 Å². The molecule has 2 N–H and O–H groups in total. The summed E-state index contributed by atoms with van der Waals surface area (Å²) in [6.45, 7) is 5.73. The van der Waals surface area contributed by atoms with Crippen LogP contribution in [0.4, 0.5) is 5.69 Å². The highest BCUT2D eigenvalue weighted by Crippen LogP contribution is 2.24. The Labute approximate surface area is 139 Å². The van der Waals surface area contributed by atoms with E-state index in [1.54, 1.807) is 6.08 Å². The lowest BCUT2D eigenvalue weighted by Gasteiger charge is -2.34. The second-order valence-corrected chi connectivity index (χ2v) is 6.07. The molecule has 1 aromatic rings. The topological polar surface area (TPSA) is 55.6 Å². The normalized spacial score (nSPS) is 18.3. The largest absolute Gasteiger partial charge is 0.491 e. The van der Waals surface area contributed by atoms with Crippen LogP contribution in [0.15, 0.2) is 24.3 Å². The van der Waals surface area contributed by atoms with Gasteiger partial charge in [-0.1, -0.05) is 19.9 Å². The monoisotopic (exact) mass is 316 g/mol. The fourth-order valence-corrected chi connectivity index (χ4v) is 2.99. The molecule has 0 aromatic heterocycles. The summed E-state index contributed by atoms with van der Waals surface area (Å²) in [5.41, 5.74) is 7.53. The Morgan fingerprint density at radius 3 is 2.91 bits per heavy atom. The molecule has 0 saturated carbocycles. The number of anilines is 1. The first-order chi connectivity index (χ1) is 11.2. The molecule has 126 valence electrons. The van der Waals surface area contributed by atoms with Gasteiger partial charge in [0.05, 0.1) is 12.3 Å². The number of rotatable bonds is 6. The number of benzene rings is 1. The summed E-state index contributed by atoms with van der Waals surface area (Å²) in [5.74, 6) is 0.804. The van der Waals surface area contributed by atoms with Gasteiger partial charge in [0.15, 0.2) is 0 Å². The molecule has 1 aliphatic rings. The zero-order valence-corrected chi connectivity index (χ0v) is 14.3. The average molecular weight is 316 g/mol. The van der Waals surface area contributed by atoms with Gasteiger partial charge in [0.2, 0.25) is 5.91 Å². The predicted molar refractivity (Wildman–Crippen MR) is 95.3 cm³/mol. The Morgan fingerprint density at radius 1 is 1.39 bits per heavy atom. The summed E-state index contributed by atoms with van der Waals surface area (Å²) in [5, 5.41) is 0. The second-order valence-electron chi connectivity index (χ2n) is 6.07. The van der Waals surface area contributed by atoms with E-state index in [4.69, 9.17) is 10.5 Å². The van der Waals surface area contributed by atoms with Crippen molar-refractivity contribution in [2.24, 2.45) is 0 Å². The number of nitrogens with two attached hydrogens (primary N) is 1. The summed E-state index contributed by atoms with van der Waals surface area (Å²) >= 11 is 0. The standard InChI is InChI=1S/C19H28N2O2/c1-3-13-23-18-10-8-15(14-17(18)20)9-11-19(22)21-12-6-5-7-16(21)4-2/h8-11,14,16H,3-7,12-13,20H2,1-2H3/b11-9-. The van der Waals surface area contributed by atoms with Crippen LogP contribution in [-0.4, -0.2) is 30.0 Å². The molecular formula is C19H28N2O2. The molecule has 1 unspecified atom stereocenters. The van der Waals surface area contributed by atoms with Crippen molar-refractivity contribution in [3.8, 4) is 5.75 Å². The van der Waals surface area contributed by atoms with Crippen LogP contribution in [0.5, 0.6) is 5.75 Å². The van der Waals surface area contributed by atoms with Crippen molar-refractivity contribution in [1.82, 2.24) is 4.90 Å². The van der Waals surface area contributed by atoms with Gasteiger partial charge < -0.3 is 15.4 Å². The number of nitrogen functional groups attached to an aromatic ring is 1. The lowest BCUT2D eigenvalue weighted by Crippen LogP contribution is -2.42. The highest BCUT2D eigenvalue weighted by atomic mass is 16.5. The average Bonchev–Trinajstić information content (AvgIpc) is 2.58. The number of carbonyl (C=O) groups excluding carboxylic acids is 1. The third-order valence-corrected chi connectivity index (χ3v) is 4.30. The number of likely N-dealkylation sites (tertiary alicyclic amines) is 1.